The van der Waals surface area contributed by atoms with Crippen LogP contribution in [0.3, 0.4) is 0 Å². The summed E-state index contributed by atoms with van der Waals surface area (Å²) in [5.74, 6) is 1.07. The molecule has 2 N–H and O–H groups in total. The van der Waals surface area contributed by atoms with E-state index in [1.54, 1.807) is 0 Å². The number of rotatable bonds is 3. The molecule has 0 atom stereocenters. The van der Waals surface area contributed by atoms with Crippen LogP contribution in [-0.4, -0.2) is 55.4 Å². The smallest absolute Gasteiger partial charge is 0.0916 e. The molecule has 2 bridgehead atoms. The second kappa shape index (κ2) is 7.40. The van der Waals surface area contributed by atoms with Gasteiger partial charge in [0.1, 0.15) is 0 Å². The third kappa shape index (κ3) is 8.42. The first-order chi connectivity index (χ1) is 8.49. The lowest BCUT2D eigenvalue weighted by molar-refractivity contribution is -0.943. The molecule has 0 aromatic rings. The van der Waals surface area contributed by atoms with Crippen molar-refractivity contribution in [2.24, 2.45) is 11.7 Å². The Morgan fingerprint density at radius 1 is 1.20 bits per heavy atom. The highest BCUT2D eigenvalue weighted by molar-refractivity contribution is 7.84. The molecule has 3 heterocycles. The van der Waals surface area contributed by atoms with Gasteiger partial charge in [0.05, 0.1) is 36.3 Å². The second-order valence-electron chi connectivity index (χ2n) is 6.91. The number of nitrogens with two attached hydrogens (primary N) is 1. The summed E-state index contributed by atoms with van der Waals surface area (Å²) < 4.78 is 28.6. The van der Waals surface area contributed by atoms with E-state index in [1.165, 1.54) is 56.3 Å². The Morgan fingerprint density at radius 2 is 1.55 bits per heavy atom. The predicted molar refractivity (Wildman–Crippen MR) is 82.8 cm³/mol. The molecule has 122 valence electrons. The Balaban J connectivity index is 0.000000526. The van der Waals surface area contributed by atoms with Gasteiger partial charge in [-0.1, -0.05) is 0 Å². The molecular weight excluding hydrogens is 300 g/mol. The Labute approximate surface area is 129 Å². The average Bonchev–Trinajstić information content (AvgIpc) is 2.26. The van der Waals surface area contributed by atoms with Crippen molar-refractivity contribution >= 4 is 22.5 Å². The predicted octanol–water partition coefficient (Wildman–Crippen LogP) is 1.33. The van der Waals surface area contributed by atoms with Crippen LogP contribution in [0.25, 0.3) is 0 Å². The van der Waals surface area contributed by atoms with Gasteiger partial charge in [0.15, 0.2) is 0 Å². The van der Waals surface area contributed by atoms with Gasteiger partial charge >= 0.3 is 0 Å². The van der Waals surface area contributed by atoms with Gasteiger partial charge in [0, 0.05) is 18.2 Å². The molecule has 0 unspecified atom stereocenters. The van der Waals surface area contributed by atoms with Gasteiger partial charge in [0.25, 0.3) is 0 Å². The first kappa shape index (κ1) is 20.1. The molecule has 0 spiro atoms. The normalized spacial score (nSPS) is 29.1. The molecule has 7 heteroatoms. The quantitative estimate of drug-likeness (QED) is 0.625. The van der Waals surface area contributed by atoms with E-state index in [4.69, 9.17) is 18.7 Å². The third-order valence-electron chi connectivity index (χ3n) is 4.27. The van der Waals surface area contributed by atoms with E-state index < -0.39 is 10.1 Å². The molecule has 0 aliphatic carbocycles. The Bertz CT molecular complexity index is 363. The number of hydrogen-bond donors (Lipinski definition) is 1. The first-order valence-corrected chi connectivity index (χ1v) is 8.86. The van der Waals surface area contributed by atoms with Crippen molar-refractivity contribution in [2.45, 2.75) is 45.1 Å². The zero-order valence-electron chi connectivity index (χ0n) is 12.8. The molecule has 3 fully saturated rings. The van der Waals surface area contributed by atoms with Crippen LogP contribution in [0.15, 0.2) is 0 Å². The lowest BCUT2D eigenvalue weighted by atomic mass is 9.85. The van der Waals surface area contributed by atoms with Crippen LogP contribution in [-0.2, 0) is 10.1 Å². The van der Waals surface area contributed by atoms with Crippen molar-refractivity contribution in [3.8, 4) is 0 Å². The molecule has 0 radical (unpaired) electrons. The zero-order chi connectivity index (χ0) is 14.7. The van der Waals surface area contributed by atoms with Crippen LogP contribution >= 0.6 is 12.4 Å². The number of nitrogens with zero attached hydrogens (tertiary/aromatic N) is 1. The number of fused-ring (bicyclic) bond motifs is 3. The number of piperidine rings is 3. The number of quaternary nitrogens is 1. The van der Waals surface area contributed by atoms with Gasteiger partial charge in [-0.2, -0.15) is 0 Å². The minimum atomic E-state index is -3.92. The molecule has 3 saturated heterocycles. The Kier molecular flexibility index (Phi) is 7.45. The topological polar surface area (TPSA) is 83.2 Å². The maximum atomic E-state index is 9.08. The molecule has 3 aliphatic rings. The maximum Gasteiger partial charge on any atom is 0.0916 e. The van der Waals surface area contributed by atoms with Gasteiger partial charge in [-0.3, -0.25) is 0 Å². The zero-order valence-corrected chi connectivity index (χ0v) is 14.4. The third-order valence-corrected chi connectivity index (χ3v) is 4.27. The van der Waals surface area contributed by atoms with Gasteiger partial charge in [-0.05, 0) is 39.0 Å². The number of hydrogen-bond acceptors (Lipinski definition) is 4. The van der Waals surface area contributed by atoms with E-state index in [1.807, 2.05) is 0 Å². The highest BCUT2D eigenvalue weighted by Gasteiger charge is 2.39. The van der Waals surface area contributed by atoms with Crippen LogP contribution in [0.5, 0.6) is 0 Å². The summed E-state index contributed by atoms with van der Waals surface area (Å²) in [5.41, 5.74) is 6.10. The van der Waals surface area contributed by atoms with Crippen molar-refractivity contribution in [1.82, 2.24) is 0 Å². The SMILES string of the molecule is CC(C)(N)CC[N+]12CCC(CC1)CC2.CS(=O)(=O)[O-].Cl. The second-order valence-corrected chi connectivity index (χ2v) is 8.32. The molecule has 0 aromatic heterocycles. The largest absolute Gasteiger partial charge is 0.748 e. The highest BCUT2D eigenvalue weighted by atomic mass is 35.5. The lowest BCUT2D eigenvalue weighted by Crippen LogP contribution is -2.59. The van der Waals surface area contributed by atoms with Crippen molar-refractivity contribution in [1.29, 1.82) is 0 Å². The summed E-state index contributed by atoms with van der Waals surface area (Å²) >= 11 is 0. The fourth-order valence-corrected chi connectivity index (χ4v) is 3.00. The summed E-state index contributed by atoms with van der Waals surface area (Å²) in [7, 11) is -3.92. The standard InChI is InChI=1S/C12H25N2.CH4O3S.ClH/c1-12(2,13)6-10-14-7-3-11(4-8-14)5-9-14;1-5(2,3)4;/h11H,3-10,13H2,1-2H3;1H3,(H,2,3,4);1H/q+1;;/p-1. The summed E-state index contributed by atoms with van der Waals surface area (Å²) in [5, 5.41) is 0. The van der Waals surface area contributed by atoms with Crippen LogP contribution in [0.4, 0.5) is 0 Å². The van der Waals surface area contributed by atoms with Crippen molar-refractivity contribution in [3.05, 3.63) is 0 Å². The molecule has 3 aliphatic heterocycles. The van der Waals surface area contributed by atoms with Crippen LogP contribution < -0.4 is 5.73 Å². The van der Waals surface area contributed by atoms with Crippen LogP contribution in [0.1, 0.15) is 39.5 Å². The van der Waals surface area contributed by atoms with E-state index >= 15 is 0 Å². The summed E-state index contributed by atoms with van der Waals surface area (Å²) in [6.45, 7) is 9.92. The molecule has 3 rings (SSSR count). The molecule has 0 saturated carbocycles. The maximum absolute atomic E-state index is 9.08. The van der Waals surface area contributed by atoms with Crippen LogP contribution in [0.2, 0.25) is 0 Å². The Hall–Kier alpha value is 0.120. The minimum absolute atomic E-state index is 0. The van der Waals surface area contributed by atoms with E-state index in [-0.39, 0.29) is 17.9 Å². The van der Waals surface area contributed by atoms with E-state index in [0.29, 0.717) is 6.26 Å². The number of halogens is 1. The van der Waals surface area contributed by atoms with Gasteiger partial charge in [-0.15, -0.1) is 12.4 Å². The monoisotopic (exact) mass is 328 g/mol. The lowest BCUT2D eigenvalue weighted by Gasteiger charge is -2.50. The van der Waals surface area contributed by atoms with E-state index in [9.17, 15) is 0 Å². The molecule has 20 heavy (non-hydrogen) atoms. The van der Waals surface area contributed by atoms with E-state index in [2.05, 4.69) is 13.8 Å². The summed E-state index contributed by atoms with van der Waals surface area (Å²) in [4.78, 5) is 0. The van der Waals surface area contributed by atoms with Crippen LogP contribution in [0, 0.1) is 5.92 Å². The summed E-state index contributed by atoms with van der Waals surface area (Å²) in [6, 6.07) is 0. The fourth-order valence-electron chi connectivity index (χ4n) is 3.00. The van der Waals surface area contributed by atoms with E-state index in [0.717, 1.165) is 5.92 Å². The van der Waals surface area contributed by atoms with Crippen molar-refractivity contribution in [2.75, 3.05) is 32.4 Å². The first-order valence-electron chi connectivity index (χ1n) is 7.04. The van der Waals surface area contributed by atoms with Gasteiger partial charge < -0.3 is 14.8 Å². The van der Waals surface area contributed by atoms with Gasteiger partial charge in [0.2, 0.25) is 0 Å². The molecule has 5 nitrogen and oxygen atoms in total. The van der Waals surface area contributed by atoms with Gasteiger partial charge in [-0.25, -0.2) is 8.42 Å². The minimum Gasteiger partial charge on any atom is -0.748 e. The van der Waals surface area contributed by atoms with Crippen molar-refractivity contribution in [3.63, 3.8) is 0 Å². The molecular formula is C13H29ClN2O3S. The average molecular weight is 329 g/mol. The van der Waals surface area contributed by atoms with Crippen molar-refractivity contribution < 1.29 is 17.5 Å². The molecule has 0 aromatic carbocycles. The molecule has 0 amide bonds. The Morgan fingerprint density at radius 3 is 1.85 bits per heavy atom. The fraction of sp³-hybridized carbons (Fsp3) is 1.00. The highest BCUT2D eigenvalue weighted by Crippen LogP contribution is 2.34. The summed E-state index contributed by atoms with van der Waals surface area (Å²) in [6.07, 6.45) is 6.21.